The summed E-state index contributed by atoms with van der Waals surface area (Å²) in [4.78, 5) is 0. The van der Waals surface area contributed by atoms with Crippen LogP contribution in [0.4, 0.5) is 0 Å². The van der Waals surface area contributed by atoms with Gasteiger partial charge in [0.2, 0.25) is 0 Å². The molecule has 1 aliphatic carbocycles. The molecule has 16 heavy (non-hydrogen) atoms. The van der Waals surface area contributed by atoms with Crippen molar-refractivity contribution in [2.75, 3.05) is 6.54 Å². The lowest BCUT2D eigenvalue weighted by Gasteiger charge is -2.36. The second kappa shape index (κ2) is 5.70. The number of benzene rings is 1. The van der Waals surface area contributed by atoms with E-state index in [9.17, 15) is 0 Å². The van der Waals surface area contributed by atoms with E-state index in [2.05, 4.69) is 31.2 Å². The molecule has 2 heteroatoms. The lowest BCUT2D eigenvalue weighted by molar-refractivity contribution is 0.301. The summed E-state index contributed by atoms with van der Waals surface area (Å²) in [5.74, 6) is 0. The molecule has 1 aromatic carbocycles. The predicted octanol–water partition coefficient (Wildman–Crippen LogP) is 3.58. The smallest absolute Gasteiger partial charge is 0.00755 e. The molecule has 2 N–H and O–H groups in total. The molecule has 0 aliphatic heterocycles. The Morgan fingerprint density at radius 1 is 1.06 bits per heavy atom. The molecule has 0 unspecified atom stereocenters. The van der Waals surface area contributed by atoms with Gasteiger partial charge in [-0.15, -0.1) is 12.4 Å². The highest BCUT2D eigenvalue weighted by atomic mass is 35.5. The minimum absolute atomic E-state index is 0. The fraction of sp³-hybridized carbons (Fsp3) is 0.571. The predicted molar refractivity (Wildman–Crippen MR) is 72.2 cm³/mol. The van der Waals surface area contributed by atoms with Crippen LogP contribution in [0.15, 0.2) is 24.3 Å². The van der Waals surface area contributed by atoms with Gasteiger partial charge in [0.25, 0.3) is 0 Å². The highest BCUT2D eigenvalue weighted by Gasteiger charge is 2.32. The zero-order chi connectivity index (χ0) is 10.7. The van der Waals surface area contributed by atoms with Crippen molar-refractivity contribution in [2.24, 2.45) is 5.73 Å². The lowest BCUT2D eigenvalue weighted by atomic mass is 9.69. The Morgan fingerprint density at radius 2 is 1.62 bits per heavy atom. The minimum atomic E-state index is 0. The average Bonchev–Trinajstić information content (AvgIpc) is 2.31. The second-order valence-corrected chi connectivity index (χ2v) is 4.91. The molecule has 0 saturated heterocycles. The van der Waals surface area contributed by atoms with Gasteiger partial charge < -0.3 is 5.73 Å². The Kier molecular flexibility index (Phi) is 4.82. The Labute approximate surface area is 105 Å². The number of halogens is 1. The van der Waals surface area contributed by atoms with E-state index in [1.165, 1.54) is 43.2 Å². The largest absolute Gasteiger partial charge is 0.330 e. The topological polar surface area (TPSA) is 26.0 Å². The first-order valence-electron chi connectivity index (χ1n) is 6.04. The molecule has 1 aromatic rings. The summed E-state index contributed by atoms with van der Waals surface area (Å²) in [7, 11) is 0. The summed E-state index contributed by atoms with van der Waals surface area (Å²) >= 11 is 0. The standard InChI is InChI=1S/C14H21N.ClH/c1-12-5-7-13(8-6-12)14(11-15)9-3-2-4-10-14;/h5-8H,2-4,9-11,15H2,1H3;1H. The Morgan fingerprint density at radius 3 is 2.12 bits per heavy atom. The molecule has 1 fully saturated rings. The van der Waals surface area contributed by atoms with Crippen molar-refractivity contribution in [3.05, 3.63) is 35.4 Å². The van der Waals surface area contributed by atoms with E-state index in [4.69, 9.17) is 5.73 Å². The summed E-state index contributed by atoms with van der Waals surface area (Å²) in [6.45, 7) is 2.94. The monoisotopic (exact) mass is 239 g/mol. The van der Waals surface area contributed by atoms with Gasteiger partial charge in [-0.3, -0.25) is 0 Å². The van der Waals surface area contributed by atoms with Crippen LogP contribution in [0.25, 0.3) is 0 Å². The number of rotatable bonds is 2. The van der Waals surface area contributed by atoms with Gasteiger partial charge in [-0.05, 0) is 25.3 Å². The van der Waals surface area contributed by atoms with E-state index in [1.54, 1.807) is 0 Å². The second-order valence-electron chi connectivity index (χ2n) is 4.91. The molecule has 0 spiro atoms. The van der Waals surface area contributed by atoms with Crippen molar-refractivity contribution in [1.82, 2.24) is 0 Å². The third-order valence-corrected chi connectivity index (χ3v) is 3.87. The molecule has 1 saturated carbocycles. The fourth-order valence-electron chi connectivity index (χ4n) is 2.75. The molecule has 0 heterocycles. The first-order valence-corrected chi connectivity index (χ1v) is 6.04. The highest BCUT2D eigenvalue weighted by molar-refractivity contribution is 5.85. The molecule has 0 amide bonds. The molecule has 1 nitrogen and oxygen atoms in total. The van der Waals surface area contributed by atoms with Gasteiger partial charge in [-0.25, -0.2) is 0 Å². The molecule has 1 aliphatic rings. The van der Waals surface area contributed by atoms with Gasteiger partial charge in [-0.2, -0.15) is 0 Å². The fourth-order valence-corrected chi connectivity index (χ4v) is 2.75. The van der Waals surface area contributed by atoms with Crippen molar-refractivity contribution in [2.45, 2.75) is 44.4 Å². The number of hydrogen-bond donors (Lipinski definition) is 1. The van der Waals surface area contributed by atoms with Gasteiger partial charge >= 0.3 is 0 Å². The number of hydrogen-bond acceptors (Lipinski definition) is 1. The summed E-state index contributed by atoms with van der Waals surface area (Å²) in [6.07, 6.45) is 6.60. The van der Waals surface area contributed by atoms with Crippen LogP contribution in [0.5, 0.6) is 0 Å². The molecular weight excluding hydrogens is 218 g/mol. The lowest BCUT2D eigenvalue weighted by Crippen LogP contribution is -2.37. The van der Waals surface area contributed by atoms with Crippen molar-refractivity contribution in [3.63, 3.8) is 0 Å². The van der Waals surface area contributed by atoms with Crippen LogP contribution in [-0.4, -0.2) is 6.54 Å². The summed E-state index contributed by atoms with van der Waals surface area (Å²) in [5, 5.41) is 0. The Hall–Kier alpha value is -0.530. The van der Waals surface area contributed by atoms with E-state index in [1.807, 2.05) is 0 Å². The van der Waals surface area contributed by atoms with E-state index >= 15 is 0 Å². The normalized spacial score (nSPS) is 18.9. The van der Waals surface area contributed by atoms with Gasteiger partial charge in [0, 0.05) is 12.0 Å². The maximum Gasteiger partial charge on any atom is 0.00755 e. The molecule has 0 atom stereocenters. The van der Waals surface area contributed by atoms with Crippen LogP contribution >= 0.6 is 12.4 Å². The van der Waals surface area contributed by atoms with Gasteiger partial charge in [0.1, 0.15) is 0 Å². The molecule has 2 rings (SSSR count). The molecule has 90 valence electrons. The first kappa shape index (κ1) is 13.5. The summed E-state index contributed by atoms with van der Waals surface area (Å²) < 4.78 is 0. The Bertz CT molecular complexity index is 312. The van der Waals surface area contributed by atoms with Gasteiger partial charge in [0.05, 0.1) is 0 Å². The molecule has 0 bridgehead atoms. The zero-order valence-corrected chi connectivity index (χ0v) is 10.9. The van der Waals surface area contributed by atoms with E-state index < -0.39 is 0 Å². The van der Waals surface area contributed by atoms with E-state index in [0.29, 0.717) is 0 Å². The van der Waals surface area contributed by atoms with Gasteiger partial charge in [-0.1, -0.05) is 49.1 Å². The van der Waals surface area contributed by atoms with Crippen LogP contribution in [0.3, 0.4) is 0 Å². The molecule has 0 aromatic heterocycles. The quantitative estimate of drug-likeness (QED) is 0.839. The van der Waals surface area contributed by atoms with Gasteiger partial charge in [0.15, 0.2) is 0 Å². The van der Waals surface area contributed by atoms with Crippen LogP contribution in [0, 0.1) is 6.92 Å². The molecule has 0 radical (unpaired) electrons. The van der Waals surface area contributed by atoms with Crippen LogP contribution in [0.1, 0.15) is 43.2 Å². The van der Waals surface area contributed by atoms with Crippen molar-refractivity contribution in [3.8, 4) is 0 Å². The van der Waals surface area contributed by atoms with Crippen molar-refractivity contribution < 1.29 is 0 Å². The summed E-state index contributed by atoms with van der Waals surface area (Å²) in [6, 6.07) is 8.96. The average molecular weight is 240 g/mol. The van der Waals surface area contributed by atoms with Crippen molar-refractivity contribution >= 4 is 12.4 Å². The Balaban J connectivity index is 0.00000128. The van der Waals surface area contributed by atoms with E-state index in [-0.39, 0.29) is 17.8 Å². The number of nitrogens with two attached hydrogens (primary N) is 1. The maximum absolute atomic E-state index is 6.01. The van der Waals surface area contributed by atoms with Crippen molar-refractivity contribution in [1.29, 1.82) is 0 Å². The number of aryl methyl sites for hydroxylation is 1. The van der Waals surface area contributed by atoms with Crippen LogP contribution in [-0.2, 0) is 5.41 Å². The highest BCUT2D eigenvalue weighted by Crippen LogP contribution is 2.38. The molecular formula is C14H22ClN. The summed E-state index contributed by atoms with van der Waals surface area (Å²) in [5.41, 5.74) is 9.08. The first-order chi connectivity index (χ1) is 7.27. The SMILES string of the molecule is Cc1ccc(C2(CN)CCCCC2)cc1.Cl. The minimum Gasteiger partial charge on any atom is -0.330 e. The third-order valence-electron chi connectivity index (χ3n) is 3.87. The van der Waals surface area contributed by atoms with Crippen LogP contribution in [0.2, 0.25) is 0 Å². The van der Waals surface area contributed by atoms with E-state index in [0.717, 1.165) is 6.54 Å². The van der Waals surface area contributed by atoms with Crippen LogP contribution < -0.4 is 5.73 Å². The third kappa shape index (κ3) is 2.58. The zero-order valence-electron chi connectivity index (χ0n) is 10.0. The maximum atomic E-state index is 6.01.